The molecule has 4 aromatic rings. The minimum Gasteiger partial charge on any atom is -0.325 e. The highest BCUT2D eigenvalue weighted by molar-refractivity contribution is 7.90. The fourth-order valence-electron chi connectivity index (χ4n) is 6.01. The Morgan fingerprint density at radius 1 is 1.14 bits per heavy atom. The Bertz CT molecular complexity index is 1470. The number of fused-ring (bicyclic) bond motifs is 1. The van der Waals surface area contributed by atoms with Crippen molar-refractivity contribution in [3.63, 3.8) is 0 Å². The number of hydrogen-bond acceptors (Lipinski definition) is 5. The number of nitrogens with two attached hydrogens (primary N) is 1. The molecule has 0 bridgehead atoms. The van der Waals surface area contributed by atoms with Gasteiger partial charge in [-0.1, -0.05) is 44.9 Å². The lowest BCUT2D eigenvalue weighted by molar-refractivity contribution is 0.154. The SMILES string of the molecule is CCC[C@]1(N)CC[C@H](c2cnc3c(c2)c(-c2cnn(C)c2)cn3S(=O)(=O)c2ccccc2)CC1CC. The smallest absolute Gasteiger partial charge is 0.269 e. The first-order valence-corrected chi connectivity index (χ1v) is 14.3. The third kappa shape index (κ3) is 4.26. The number of pyridine rings is 1. The van der Waals surface area contributed by atoms with Gasteiger partial charge in [-0.15, -0.1) is 0 Å². The summed E-state index contributed by atoms with van der Waals surface area (Å²) in [4.78, 5) is 4.98. The van der Waals surface area contributed by atoms with Gasteiger partial charge in [-0.25, -0.2) is 17.4 Å². The van der Waals surface area contributed by atoms with Crippen LogP contribution in [-0.2, 0) is 17.1 Å². The van der Waals surface area contributed by atoms with Crippen LogP contribution in [0.5, 0.6) is 0 Å². The Hall–Kier alpha value is -2.97. The van der Waals surface area contributed by atoms with Crippen molar-refractivity contribution in [2.45, 2.75) is 68.7 Å². The molecule has 1 saturated carbocycles. The summed E-state index contributed by atoms with van der Waals surface area (Å²) in [5, 5.41) is 5.14. The third-order valence-corrected chi connectivity index (χ3v) is 9.63. The van der Waals surface area contributed by atoms with Gasteiger partial charge in [-0.2, -0.15) is 5.10 Å². The first kappa shape index (κ1) is 24.7. The van der Waals surface area contributed by atoms with E-state index in [1.807, 2.05) is 25.5 Å². The van der Waals surface area contributed by atoms with Crippen molar-refractivity contribution >= 4 is 21.1 Å². The summed E-state index contributed by atoms with van der Waals surface area (Å²) < 4.78 is 30.2. The molecule has 1 aliphatic carbocycles. The lowest BCUT2D eigenvalue weighted by Crippen LogP contribution is -2.50. The Morgan fingerprint density at radius 2 is 1.92 bits per heavy atom. The van der Waals surface area contributed by atoms with E-state index in [4.69, 9.17) is 10.7 Å². The summed E-state index contributed by atoms with van der Waals surface area (Å²) in [5.74, 6) is 0.823. The zero-order chi connectivity index (χ0) is 25.5. The molecule has 7 nitrogen and oxygen atoms in total. The minimum atomic E-state index is -3.81. The van der Waals surface area contributed by atoms with Crippen molar-refractivity contribution in [1.82, 2.24) is 18.7 Å². The molecule has 0 saturated heterocycles. The molecule has 1 aliphatic rings. The van der Waals surface area contributed by atoms with E-state index in [0.717, 1.165) is 60.6 Å². The number of hydrogen-bond donors (Lipinski definition) is 1. The summed E-state index contributed by atoms with van der Waals surface area (Å²) in [5.41, 5.74) is 10.0. The van der Waals surface area contributed by atoms with Gasteiger partial charge in [0.15, 0.2) is 5.65 Å². The molecule has 0 spiro atoms. The predicted molar refractivity (Wildman–Crippen MR) is 143 cm³/mol. The van der Waals surface area contributed by atoms with E-state index < -0.39 is 10.0 Å². The fourth-order valence-corrected chi connectivity index (χ4v) is 7.36. The van der Waals surface area contributed by atoms with Crippen molar-refractivity contribution in [3.05, 3.63) is 66.7 Å². The second-order valence-corrected chi connectivity index (χ2v) is 12.1. The summed E-state index contributed by atoms with van der Waals surface area (Å²) in [6, 6.07) is 10.6. The van der Waals surface area contributed by atoms with Crippen LogP contribution in [-0.4, -0.2) is 32.7 Å². The molecule has 8 heteroatoms. The van der Waals surface area contributed by atoms with Crippen LogP contribution in [0.25, 0.3) is 22.2 Å². The van der Waals surface area contributed by atoms with E-state index in [1.54, 1.807) is 41.3 Å². The Morgan fingerprint density at radius 3 is 2.58 bits per heavy atom. The van der Waals surface area contributed by atoms with Crippen LogP contribution >= 0.6 is 0 Å². The average Bonchev–Trinajstić information content (AvgIpc) is 3.48. The zero-order valence-electron chi connectivity index (χ0n) is 21.3. The van der Waals surface area contributed by atoms with Crippen molar-refractivity contribution in [1.29, 1.82) is 0 Å². The maximum absolute atomic E-state index is 13.6. The van der Waals surface area contributed by atoms with Crippen LogP contribution in [0.15, 0.2) is 66.1 Å². The Labute approximate surface area is 213 Å². The van der Waals surface area contributed by atoms with Gasteiger partial charge in [-0.05, 0) is 61.3 Å². The van der Waals surface area contributed by atoms with Gasteiger partial charge in [-0.3, -0.25) is 4.68 Å². The molecule has 0 amide bonds. The number of aromatic nitrogens is 4. The van der Waals surface area contributed by atoms with Crippen LogP contribution in [0.3, 0.4) is 0 Å². The molecule has 190 valence electrons. The van der Waals surface area contributed by atoms with E-state index in [2.05, 4.69) is 25.0 Å². The molecule has 36 heavy (non-hydrogen) atoms. The average molecular weight is 506 g/mol. The lowest BCUT2D eigenvalue weighted by atomic mass is 9.65. The Balaban J connectivity index is 1.61. The van der Waals surface area contributed by atoms with Gasteiger partial charge >= 0.3 is 0 Å². The van der Waals surface area contributed by atoms with Gasteiger partial charge in [0, 0.05) is 47.7 Å². The standard InChI is InChI=1S/C28H35N5O2S/c1-4-12-28(29)13-11-20(14-23(28)5-2)21-15-25-26(22-17-31-32(3)18-22)19-33(27(25)30-16-21)36(34,35)24-9-7-6-8-10-24/h6-10,15-20,23H,4-5,11-14,29H2,1-3H3/t20-,23?,28-/m0/s1. The largest absolute Gasteiger partial charge is 0.325 e. The van der Waals surface area contributed by atoms with Crippen LogP contribution in [0, 0.1) is 5.92 Å². The van der Waals surface area contributed by atoms with Crippen LogP contribution in [0.2, 0.25) is 0 Å². The summed E-state index contributed by atoms with van der Waals surface area (Å²) >= 11 is 0. The van der Waals surface area contributed by atoms with Crippen LogP contribution < -0.4 is 5.73 Å². The van der Waals surface area contributed by atoms with Gasteiger partial charge in [0.1, 0.15) is 0 Å². The molecule has 0 radical (unpaired) electrons. The lowest BCUT2D eigenvalue weighted by Gasteiger charge is -2.44. The van der Waals surface area contributed by atoms with Gasteiger partial charge < -0.3 is 5.73 Å². The van der Waals surface area contributed by atoms with E-state index in [9.17, 15) is 8.42 Å². The quantitative estimate of drug-likeness (QED) is 0.360. The van der Waals surface area contributed by atoms with E-state index in [-0.39, 0.29) is 10.4 Å². The summed E-state index contributed by atoms with van der Waals surface area (Å²) in [6.45, 7) is 4.44. The van der Waals surface area contributed by atoms with Crippen molar-refractivity contribution in [3.8, 4) is 11.1 Å². The maximum atomic E-state index is 13.6. The first-order chi connectivity index (χ1) is 17.3. The first-order valence-electron chi connectivity index (χ1n) is 12.9. The second-order valence-electron chi connectivity index (χ2n) is 10.3. The van der Waals surface area contributed by atoms with Crippen LogP contribution in [0.4, 0.5) is 0 Å². The molecule has 1 aromatic carbocycles. The fraction of sp³-hybridized carbons (Fsp3) is 0.429. The van der Waals surface area contributed by atoms with E-state index in [1.165, 1.54) is 3.97 Å². The topological polar surface area (TPSA) is 95.8 Å². The molecule has 1 unspecified atom stereocenters. The van der Waals surface area contributed by atoms with Gasteiger partial charge in [0.25, 0.3) is 10.0 Å². The summed E-state index contributed by atoms with van der Waals surface area (Å²) in [6.07, 6.45) is 13.5. The van der Waals surface area contributed by atoms with Crippen molar-refractivity contribution < 1.29 is 8.42 Å². The van der Waals surface area contributed by atoms with E-state index >= 15 is 0 Å². The zero-order valence-corrected chi connectivity index (χ0v) is 22.1. The Kier molecular flexibility index (Phi) is 6.51. The predicted octanol–water partition coefficient (Wildman–Crippen LogP) is 5.47. The molecule has 0 aliphatic heterocycles. The molecular weight excluding hydrogens is 470 g/mol. The highest BCUT2D eigenvalue weighted by atomic mass is 32.2. The highest BCUT2D eigenvalue weighted by Gasteiger charge is 2.39. The molecule has 2 N–H and O–H groups in total. The van der Waals surface area contributed by atoms with Crippen LogP contribution in [0.1, 0.15) is 63.9 Å². The van der Waals surface area contributed by atoms with Gasteiger partial charge in [0.2, 0.25) is 0 Å². The molecule has 5 rings (SSSR count). The molecule has 3 heterocycles. The van der Waals surface area contributed by atoms with Crippen molar-refractivity contribution in [2.24, 2.45) is 18.7 Å². The normalized spacial score (nSPS) is 22.8. The minimum absolute atomic E-state index is 0.0918. The van der Waals surface area contributed by atoms with E-state index in [0.29, 0.717) is 17.5 Å². The van der Waals surface area contributed by atoms with Gasteiger partial charge in [0.05, 0.1) is 11.1 Å². The third-order valence-electron chi connectivity index (χ3n) is 7.97. The maximum Gasteiger partial charge on any atom is 0.269 e. The number of aryl methyl sites for hydroxylation is 1. The second kappa shape index (κ2) is 9.48. The molecule has 3 atom stereocenters. The highest BCUT2D eigenvalue weighted by Crippen LogP contribution is 2.45. The molecular formula is C28H35N5O2S. The summed E-state index contributed by atoms with van der Waals surface area (Å²) in [7, 11) is -1.95. The molecule has 1 fully saturated rings. The number of benzene rings is 1. The number of rotatable bonds is 7. The number of nitrogens with zero attached hydrogens (tertiary/aromatic N) is 4. The molecule has 3 aromatic heterocycles. The van der Waals surface area contributed by atoms with Crippen molar-refractivity contribution in [2.75, 3.05) is 0 Å². The monoisotopic (exact) mass is 505 g/mol.